The molecule has 1 fully saturated rings. The van der Waals surface area contributed by atoms with Crippen LogP contribution in [0.4, 0.5) is 0 Å². The van der Waals surface area contributed by atoms with Gasteiger partial charge in [-0.1, -0.05) is 35.0 Å². The van der Waals surface area contributed by atoms with Gasteiger partial charge >= 0.3 is 0 Å². The van der Waals surface area contributed by atoms with Gasteiger partial charge in [-0.25, -0.2) is 0 Å². The van der Waals surface area contributed by atoms with Crippen molar-refractivity contribution in [2.75, 3.05) is 13.1 Å². The highest BCUT2D eigenvalue weighted by atomic mass is 79.9. The molecule has 1 heterocycles. The van der Waals surface area contributed by atoms with Crippen molar-refractivity contribution in [2.45, 2.75) is 38.6 Å². The fourth-order valence-corrected chi connectivity index (χ4v) is 2.98. The molecule has 1 aromatic rings. The maximum Gasteiger partial charge on any atom is 0.230 e. The number of halogens is 1. The molecule has 0 radical (unpaired) electrons. The van der Waals surface area contributed by atoms with E-state index in [0.717, 1.165) is 29.5 Å². The van der Waals surface area contributed by atoms with Crippen LogP contribution in [-0.2, 0) is 10.2 Å². The summed E-state index contributed by atoms with van der Waals surface area (Å²) in [5, 5.41) is 6.59. The molecule has 0 bridgehead atoms. The minimum Gasteiger partial charge on any atom is -0.352 e. The van der Waals surface area contributed by atoms with Crippen LogP contribution >= 0.6 is 15.9 Å². The standard InChI is InChI=1S/C16H23BrN2O/c1-11-10-18-8-7-14(11)19-15(20)16(2,3)12-5-4-6-13(17)9-12/h4-6,9,11,14,18H,7-8,10H2,1-3H3,(H,19,20). The Balaban J connectivity index is 2.10. The summed E-state index contributed by atoms with van der Waals surface area (Å²) in [5.41, 5.74) is 0.514. The average molecular weight is 339 g/mol. The molecule has 110 valence electrons. The number of nitrogens with one attached hydrogen (secondary N) is 2. The van der Waals surface area contributed by atoms with Crippen LogP contribution in [0.3, 0.4) is 0 Å². The van der Waals surface area contributed by atoms with E-state index >= 15 is 0 Å². The van der Waals surface area contributed by atoms with Crippen molar-refractivity contribution in [3.63, 3.8) is 0 Å². The Morgan fingerprint density at radius 3 is 2.85 bits per heavy atom. The van der Waals surface area contributed by atoms with Crippen molar-refractivity contribution in [3.05, 3.63) is 34.3 Å². The number of rotatable bonds is 3. The molecule has 1 aliphatic rings. The summed E-state index contributed by atoms with van der Waals surface area (Å²) in [4.78, 5) is 12.6. The molecule has 0 saturated carbocycles. The number of piperidine rings is 1. The first kappa shape index (κ1) is 15.5. The summed E-state index contributed by atoms with van der Waals surface area (Å²) in [7, 11) is 0. The number of hydrogen-bond acceptors (Lipinski definition) is 2. The summed E-state index contributed by atoms with van der Waals surface area (Å²) in [6.07, 6.45) is 1.00. The lowest BCUT2D eigenvalue weighted by atomic mass is 9.83. The smallest absolute Gasteiger partial charge is 0.230 e. The van der Waals surface area contributed by atoms with Gasteiger partial charge in [0.1, 0.15) is 0 Å². The zero-order valence-electron chi connectivity index (χ0n) is 12.4. The van der Waals surface area contributed by atoms with Crippen LogP contribution < -0.4 is 10.6 Å². The maximum absolute atomic E-state index is 12.6. The second kappa shape index (κ2) is 6.27. The normalized spacial score (nSPS) is 23.4. The van der Waals surface area contributed by atoms with Crippen molar-refractivity contribution >= 4 is 21.8 Å². The van der Waals surface area contributed by atoms with Gasteiger partial charge in [0.15, 0.2) is 0 Å². The van der Waals surface area contributed by atoms with E-state index in [4.69, 9.17) is 0 Å². The number of carbonyl (C=O) groups excluding carboxylic acids is 1. The molecule has 2 N–H and O–H groups in total. The van der Waals surface area contributed by atoms with E-state index < -0.39 is 5.41 Å². The lowest BCUT2D eigenvalue weighted by Crippen LogP contribution is -2.52. The van der Waals surface area contributed by atoms with E-state index in [0.29, 0.717) is 5.92 Å². The fourth-order valence-electron chi connectivity index (χ4n) is 2.59. The van der Waals surface area contributed by atoms with Gasteiger partial charge in [0.2, 0.25) is 5.91 Å². The molecule has 2 unspecified atom stereocenters. The molecule has 2 atom stereocenters. The zero-order valence-corrected chi connectivity index (χ0v) is 14.0. The summed E-state index contributed by atoms with van der Waals surface area (Å²) in [5.74, 6) is 0.584. The highest BCUT2D eigenvalue weighted by Gasteiger charge is 2.33. The summed E-state index contributed by atoms with van der Waals surface area (Å²) in [6, 6.07) is 8.26. The first-order valence-corrected chi connectivity index (χ1v) is 7.98. The predicted octanol–water partition coefficient (Wildman–Crippen LogP) is 2.84. The Bertz CT molecular complexity index is 487. The second-order valence-corrected chi connectivity index (χ2v) is 7.10. The topological polar surface area (TPSA) is 41.1 Å². The molecular formula is C16H23BrN2O. The molecular weight excluding hydrogens is 316 g/mol. The highest BCUT2D eigenvalue weighted by Crippen LogP contribution is 2.26. The van der Waals surface area contributed by atoms with Crippen LogP contribution in [0.25, 0.3) is 0 Å². The molecule has 1 saturated heterocycles. The minimum atomic E-state index is -0.519. The van der Waals surface area contributed by atoms with Gasteiger partial charge in [-0.2, -0.15) is 0 Å². The number of amides is 1. The molecule has 0 aliphatic carbocycles. The molecule has 3 nitrogen and oxygen atoms in total. The van der Waals surface area contributed by atoms with Gasteiger partial charge < -0.3 is 10.6 Å². The van der Waals surface area contributed by atoms with Crippen molar-refractivity contribution in [1.82, 2.24) is 10.6 Å². The first-order valence-electron chi connectivity index (χ1n) is 7.19. The molecule has 0 aromatic heterocycles. The van der Waals surface area contributed by atoms with Crippen LogP contribution in [-0.4, -0.2) is 25.0 Å². The van der Waals surface area contributed by atoms with Crippen LogP contribution in [0.5, 0.6) is 0 Å². The van der Waals surface area contributed by atoms with E-state index in [-0.39, 0.29) is 11.9 Å². The lowest BCUT2D eigenvalue weighted by Gasteiger charge is -2.33. The van der Waals surface area contributed by atoms with E-state index in [2.05, 4.69) is 33.5 Å². The van der Waals surface area contributed by atoms with Gasteiger partial charge in [-0.05, 0) is 57.0 Å². The molecule has 0 spiro atoms. The van der Waals surface area contributed by atoms with Crippen LogP contribution in [0.1, 0.15) is 32.8 Å². The van der Waals surface area contributed by atoms with Crippen LogP contribution in [0, 0.1) is 5.92 Å². The van der Waals surface area contributed by atoms with Gasteiger partial charge in [-0.3, -0.25) is 4.79 Å². The monoisotopic (exact) mass is 338 g/mol. The molecule has 20 heavy (non-hydrogen) atoms. The molecule has 1 aromatic carbocycles. The Morgan fingerprint density at radius 1 is 1.45 bits per heavy atom. The van der Waals surface area contributed by atoms with E-state index in [1.807, 2.05) is 38.1 Å². The maximum atomic E-state index is 12.6. The third kappa shape index (κ3) is 3.41. The number of benzene rings is 1. The largest absolute Gasteiger partial charge is 0.352 e. The predicted molar refractivity (Wildman–Crippen MR) is 85.7 cm³/mol. The zero-order chi connectivity index (χ0) is 14.8. The summed E-state index contributed by atoms with van der Waals surface area (Å²) < 4.78 is 1.01. The quantitative estimate of drug-likeness (QED) is 0.889. The van der Waals surface area contributed by atoms with Crippen LogP contribution in [0.2, 0.25) is 0 Å². The molecule has 1 aliphatic heterocycles. The van der Waals surface area contributed by atoms with Crippen LogP contribution in [0.15, 0.2) is 28.7 Å². The summed E-state index contributed by atoms with van der Waals surface area (Å²) >= 11 is 3.47. The molecule has 1 amide bonds. The fraction of sp³-hybridized carbons (Fsp3) is 0.562. The molecule has 2 rings (SSSR count). The van der Waals surface area contributed by atoms with Gasteiger partial charge in [0.25, 0.3) is 0 Å². The SMILES string of the molecule is CC1CNCCC1NC(=O)C(C)(C)c1cccc(Br)c1. The summed E-state index contributed by atoms with van der Waals surface area (Å²) in [6.45, 7) is 8.10. The van der Waals surface area contributed by atoms with Gasteiger partial charge in [0, 0.05) is 10.5 Å². The Hall–Kier alpha value is -0.870. The van der Waals surface area contributed by atoms with E-state index in [9.17, 15) is 4.79 Å². The van der Waals surface area contributed by atoms with Gasteiger partial charge in [0.05, 0.1) is 5.41 Å². The first-order chi connectivity index (χ1) is 9.41. The Morgan fingerprint density at radius 2 is 2.20 bits per heavy atom. The molecule has 4 heteroatoms. The second-order valence-electron chi connectivity index (χ2n) is 6.19. The Kier molecular flexibility index (Phi) is 4.86. The lowest BCUT2D eigenvalue weighted by molar-refractivity contribution is -0.126. The Labute approximate surface area is 129 Å². The van der Waals surface area contributed by atoms with Crippen molar-refractivity contribution < 1.29 is 4.79 Å². The third-order valence-electron chi connectivity index (χ3n) is 4.22. The van der Waals surface area contributed by atoms with Crippen molar-refractivity contribution in [3.8, 4) is 0 Å². The van der Waals surface area contributed by atoms with Crippen molar-refractivity contribution in [2.24, 2.45) is 5.92 Å². The van der Waals surface area contributed by atoms with E-state index in [1.165, 1.54) is 0 Å². The van der Waals surface area contributed by atoms with Crippen molar-refractivity contribution in [1.29, 1.82) is 0 Å². The number of hydrogen-bond donors (Lipinski definition) is 2. The third-order valence-corrected chi connectivity index (χ3v) is 4.71. The number of carbonyl (C=O) groups is 1. The average Bonchev–Trinajstić information content (AvgIpc) is 2.41. The van der Waals surface area contributed by atoms with Gasteiger partial charge in [-0.15, -0.1) is 0 Å². The van der Waals surface area contributed by atoms with E-state index in [1.54, 1.807) is 0 Å². The highest BCUT2D eigenvalue weighted by molar-refractivity contribution is 9.10. The minimum absolute atomic E-state index is 0.106.